The van der Waals surface area contributed by atoms with Crippen LogP contribution in [0.3, 0.4) is 0 Å². The molecule has 1 aliphatic heterocycles. The topological polar surface area (TPSA) is 87.5 Å². The van der Waals surface area contributed by atoms with Gasteiger partial charge in [0.15, 0.2) is 0 Å². The highest BCUT2D eigenvalue weighted by molar-refractivity contribution is 5.92. The number of hydrogen-bond acceptors (Lipinski definition) is 4. The van der Waals surface area contributed by atoms with Gasteiger partial charge in [-0.25, -0.2) is 0 Å². The maximum atomic E-state index is 12.7. The average molecular weight is 392 g/mol. The van der Waals surface area contributed by atoms with Crippen LogP contribution in [-0.4, -0.2) is 70.0 Å². The van der Waals surface area contributed by atoms with Crippen LogP contribution in [0.1, 0.15) is 55.7 Å². The van der Waals surface area contributed by atoms with Gasteiger partial charge in [-0.15, -0.1) is 0 Å². The number of nitrogens with one attached hydrogen (secondary N) is 1. The molecule has 0 saturated carbocycles. The minimum absolute atomic E-state index is 0.0539. The first-order valence-corrected chi connectivity index (χ1v) is 10.1. The summed E-state index contributed by atoms with van der Waals surface area (Å²) < 4.78 is 1.66. The van der Waals surface area contributed by atoms with E-state index in [9.17, 15) is 14.4 Å². The molecule has 0 unspecified atom stereocenters. The Morgan fingerprint density at radius 2 is 1.93 bits per heavy atom. The van der Waals surface area contributed by atoms with Crippen LogP contribution in [0.15, 0.2) is 6.07 Å². The summed E-state index contributed by atoms with van der Waals surface area (Å²) in [7, 11) is 3.53. The third-order valence-corrected chi connectivity index (χ3v) is 5.55. The number of rotatable bonds is 5. The highest BCUT2D eigenvalue weighted by atomic mass is 16.2. The van der Waals surface area contributed by atoms with Crippen LogP contribution >= 0.6 is 0 Å². The third kappa shape index (κ3) is 5.33. The van der Waals surface area contributed by atoms with E-state index in [0.29, 0.717) is 31.7 Å². The van der Waals surface area contributed by atoms with Crippen molar-refractivity contribution in [1.29, 1.82) is 0 Å². The lowest BCUT2D eigenvalue weighted by atomic mass is 9.95. The van der Waals surface area contributed by atoms with Crippen LogP contribution < -0.4 is 5.32 Å². The second kappa shape index (κ2) is 9.71. The van der Waals surface area contributed by atoms with Crippen LogP contribution in [0.5, 0.6) is 0 Å². The summed E-state index contributed by atoms with van der Waals surface area (Å²) >= 11 is 0. The first kappa shape index (κ1) is 21.9. The summed E-state index contributed by atoms with van der Waals surface area (Å²) in [5.74, 6) is -0.522. The van der Waals surface area contributed by atoms with Gasteiger partial charge in [-0.05, 0) is 39.7 Å². The van der Waals surface area contributed by atoms with Crippen molar-refractivity contribution in [3.8, 4) is 0 Å². The highest BCUT2D eigenvalue weighted by Crippen LogP contribution is 2.21. The molecule has 8 heteroatoms. The minimum Gasteiger partial charge on any atom is -0.346 e. The Morgan fingerprint density at radius 1 is 1.25 bits per heavy atom. The fraction of sp³-hybridized carbons (Fsp3) is 0.700. The quantitative estimate of drug-likeness (QED) is 0.821. The molecule has 2 rings (SSSR count). The predicted octanol–water partition coefficient (Wildman–Crippen LogP) is 1.34. The molecule has 1 N–H and O–H groups in total. The number of aromatic nitrogens is 2. The Morgan fingerprint density at radius 3 is 2.50 bits per heavy atom. The van der Waals surface area contributed by atoms with Gasteiger partial charge in [0.05, 0.1) is 0 Å². The summed E-state index contributed by atoms with van der Waals surface area (Å²) in [4.78, 5) is 41.3. The zero-order valence-electron chi connectivity index (χ0n) is 17.7. The van der Waals surface area contributed by atoms with Crippen LogP contribution in [0.25, 0.3) is 0 Å². The summed E-state index contributed by atoms with van der Waals surface area (Å²) in [6.45, 7) is 7.53. The van der Waals surface area contributed by atoms with Crippen molar-refractivity contribution in [1.82, 2.24) is 24.9 Å². The Kier molecular flexibility index (Phi) is 7.60. The van der Waals surface area contributed by atoms with E-state index in [4.69, 9.17) is 0 Å². The second-order valence-electron chi connectivity index (χ2n) is 7.58. The predicted molar refractivity (Wildman–Crippen MR) is 107 cm³/mol. The molecule has 1 aliphatic rings. The Labute approximate surface area is 167 Å². The Bertz CT molecular complexity index is 691. The van der Waals surface area contributed by atoms with Gasteiger partial charge in [-0.1, -0.05) is 6.42 Å². The molecule has 0 bridgehead atoms. The molecule has 156 valence electrons. The first-order chi connectivity index (χ1) is 13.3. The van der Waals surface area contributed by atoms with E-state index < -0.39 is 0 Å². The van der Waals surface area contributed by atoms with E-state index in [2.05, 4.69) is 10.4 Å². The van der Waals surface area contributed by atoms with E-state index in [-0.39, 0.29) is 36.1 Å². The molecule has 1 fully saturated rings. The van der Waals surface area contributed by atoms with Crippen LogP contribution in [0.4, 0.5) is 0 Å². The maximum Gasteiger partial charge on any atom is 0.272 e. The second-order valence-corrected chi connectivity index (χ2v) is 7.58. The number of amides is 3. The van der Waals surface area contributed by atoms with Gasteiger partial charge in [-0.2, -0.15) is 5.10 Å². The van der Waals surface area contributed by atoms with Gasteiger partial charge in [0.1, 0.15) is 5.69 Å². The Hall–Kier alpha value is -2.38. The molecule has 2 atom stereocenters. The van der Waals surface area contributed by atoms with Gasteiger partial charge < -0.3 is 15.1 Å². The summed E-state index contributed by atoms with van der Waals surface area (Å²) in [6, 6.07) is 1.59. The van der Waals surface area contributed by atoms with Gasteiger partial charge in [0.2, 0.25) is 11.8 Å². The number of nitrogens with zero attached hydrogens (tertiary/aromatic N) is 4. The lowest BCUT2D eigenvalue weighted by molar-refractivity contribution is -0.140. The van der Waals surface area contributed by atoms with Gasteiger partial charge in [-0.3, -0.25) is 19.1 Å². The SMILES string of the molecule is CCN(CC)C(=O)[C@@H]1CCC[C@@H](NC(=O)c2cc(C)n(C)n2)CN(C)C(=O)C1. The molecule has 0 aromatic carbocycles. The summed E-state index contributed by atoms with van der Waals surface area (Å²) in [5.41, 5.74) is 1.29. The zero-order valence-corrected chi connectivity index (χ0v) is 17.7. The fourth-order valence-corrected chi connectivity index (χ4v) is 3.66. The van der Waals surface area contributed by atoms with Crippen molar-refractivity contribution < 1.29 is 14.4 Å². The van der Waals surface area contributed by atoms with Crippen molar-refractivity contribution in [2.45, 2.75) is 52.5 Å². The van der Waals surface area contributed by atoms with E-state index >= 15 is 0 Å². The summed E-state index contributed by atoms with van der Waals surface area (Å²) in [5, 5.41) is 7.22. The van der Waals surface area contributed by atoms with E-state index in [1.807, 2.05) is 20.8 Å². The molecule has 0 aliphatic carbocycles. The van der Waals surface area contributed by atoms with Gasteiger partial charge in [0.25, 0.3) is 5.91 Å². The molecule has 0 spiro atoms. The number of carbonyl (C=O) groups is 3. The smallest absolute Gasteiger partial charge is 0.272 e. The molecule has 8 nitrogen and oxygen atoms in total. The number of carbonyl (C=O) groups excluding carboxylic acids is 3. The van der Waals surface area contributed by atoms with Crippen molar-refractivity contribution >= 4 is 17.7 Å². The van der Waals surface area contributed by atoms with Crippen molar-refractivity contribution in [2.75, 3.05) is 26.7 Å². The zero-order chi connectivity index (χ0) is 20.8. The van der Waals surface area contributed by atoms with Gasteiger partial charge in [0, 0.05) is 57.8 Å². The fourth-order valence-electron chi connectivity index (χ4n) is 3.66. The van der Waals surface area contributed by atoms with Crippen molar-refractivity contribution in [3.63, 3.8) is 0 Å². The Balaban J connectivity index is 2.06. The standard InChI is InChI=1S/C20H33N5O3/c1-6-25(7-2)20(28)15-9-8-10-16(13-23(4)18(26)12-15)21-19(27)17-11-14(3)24(5)22-17/h11,15-16H,6-10,12-13H2,1-5H3,(H,21,27)/t15-,16-/m1/s1. The van der Waals surface area contributed by atoms with Crippen LogP contribution in [0, 0.1) is 12.8 Å². The highest BCUT2D eigenvalue weighted by Gasteiger charge is 2.29. The lowest BCUT2D eigenvalue weighted by Crippen LogP contribution is -2.44. The average Bonchev–Trinajstić information content (AvgIpc) is 3.02. The number of likely N-dealkylation sites (N-methyl/N-ethyl adjacent to an activating group) is 1. The monoisotopic (exact) mass is 391 g/mol. The third-order valence-electron chi connectivity index (χ3n) is 5.55. The van der Waals surface area contributed by atoms with E-state index in [0.717, 1.165) is 18.5 Å². The maximum absolute atomic E-state index is 12.7. The minimum atomic E-state index is -0.289. The number of aryl methyl sites for hydroxylation is 2. The molecule has 1 saturated heterocycles. The molecule has 1 aromatic rings. The molecular formula is C20H33N5O3. The van der Waals surface area contributed by atoms with Crippen LogP contribution in [0.2, 0.25) is 0 Å². The van der Waals surface area contributed by atoms with Crippen molar-refractivity contribution in [2.24, 2.45) is 13.0 Å². The van der Waals surface area contributed by atoms with Crippen LogP contribution in [-0.2, 0) is 16.6 Å². The van der Waals surface area contributed by atoms with E-state index in [1.54, 1.807) is 34.6 Å². The van der Waals surface area contributed by atoms with Crippen molar-refractivity contribution in [3.05, 3.63) is 17.5 Å². The molecular weight excluding hydrogens is 358 g/mol. The molecule has 3 amide bonds. The molecule has 0 radical (unpaired) electrons. The molecule has 28 heavy (non-hydrogen) atoms. The first-order valence-electron chi connectivity index (χ1n) is 10.1. The largest absolute Gasteiger partial charge is 0.346 e. The van der Waals surface area contributed by atoms with E-state index in [1.165, 1.54) is 0 Å². The normalized spacial score (nSPS) is 20.9. The van der Waals surface area contributed by atoms with Gasteiger partial charge >= 0.3 is 0 Å². The number of hydrogen-bond donors (Lipinski definition) is 1. The molecule has 2 heterocycles. The lowest BCUT2D eigenvalue weighted by Gasteiger charge is -2.26. The summed E-state index contributed by atoms with van der Waals surface area (Å²) in [6.07, 6.45) is 2.39. The molecule has 1 aromatic heterocycles.